The number of halogens is 3. The van der Waals surface area contributed by atoms with Crippen molar-refractivity contribution >= 4 is 11.6 Å². The molecule has 1 atom stereocenters. The first-order valence-electron chi connectivity index (χ1n) is 7.25. The van der Waals surface area contributed by atoms with Gasteiger partial charge in [-0.1, -0.05) is 18.2 Å². The predicted molar refractivity (Wildman–Crippen MR) is 80.4 cm³/mol. The Hall–Kier alpha value is -2.37. The number of benzene rings is 1. The summed E-state index contributed by atoms with van der Waals surface area (Å²) >= 11 is 0. The molecule has 3 rings (SSSR count). The molecule has 0 saturated heterocycles. The van der Waals surface area contributed by atoms with Crippen LogP contribution in [0.1, 0.15) is 34.2 Å². The lowest BCUT2D eigenvalue weighted by atomic mass is 10.1. The number of hydrogen-bond donors (Lipinski definition) is 0. The van der Waals surface area contributed by atoms with Gasteiger partial charge in [-0.3, -0.25) is 4.79 Å². The van der Waals surface area contributed by atoms with Crippen LogP contribution in [-0.2, 0) is 12.6 Å². The second-order valence-corrected chi connectivity index (χ2v) is 5.68. The summed E-state index contributed by atoms with van der Waals surface area (Å²) in [6.45, 7) is 3.35. The van der Waals surface area contributed by atoms with Crippen molar-refractivity contribution in [2.45, 2.75) is 32.5 Å². The van der Waals surface area contributed by atoms with Gasteiger partial charge < -0.3 is 4.90 Å². The first kappa shape index (κ1) is 15.5. The number of hydrogen-bond acceptors (Lipinski definition) is 2. The number of aromatic nitrogens is 1. The fourth-order valence-electron chi connectivity index (χ4n) is 2.95. The number of rotatable bonds is 1. The summed E-state index contributed by atoms with van der Waals surface area (Å²) in [7, 11) is 0. The summed E-state index contributed by atoms with van der Waals surface area (Å²) in [6, 6.07) is 9.58. The number of carbonyl (C=O) groups excluding carboxylic acids is 1. The molecule has 0 aliphatic carbocycles. The van der Waals surface area contributed by atoms with E-state index in [1.807, 2.05) is 31.2 Å². The molecule has 2 heterocycles. The van der Waals surface area contributed by atoms with E-state index in [2.05, 4.69) is 4.98 Å². The number of alkyl halides is 3. The van der Waals surface area contributed by atoms with Gasteiger partial charge >= 0.3 is 6.18 Å². The number of carbonyl (C=O) groups is 1. The molecule has 6 heteroatoms. The summed E-state index contributed by atoms with van der Waals surface area (Å²) in [5, 5.41) is 0. The minimum absolute atomic E-state index is 0.0402. The highest BCUT2D eigenvalue weighted by Crippen LogP contribution is 2.34. The van der Waals surface area contributed by atoms with Gasteiger partial charge in [-0.2, -0.15) is 13.2 Å². The molecule has 0 saturated carbocycles. The fourth-order valence-corrected chi connectivity index (χ4v) is 2.95. The molecule has 1 unspecified atom stereocenters. The molecule has 0 N–H and O–H groups in total. The topological polar surface area (TPSA) is 33.2 Å². The van der Waals surface area contributed by atoms with Gasteiger partial charge in [0.1, 0.15) is 5.69 Å². The molecular formula is C17H15F3N2O. The van der Waals surface area contributed by atoms with E-state index in [0.717, 1.165) is 23.7 Å². The van der Waals surface area contributed by atoms with Gasteiger partial charge in [0.15, 0.2) is 0 Å². The molecule has 1 aliphatic heterocycles. The van der Waals surface area contributed by atoms with Crippen LogP contribution in [0.25, 0.3) is 0 Å². The first-order valence-corrected chi connectivity index (χ1v) is 7.25. The van der Waals surface area contributed by atoms with Crippen LogP contribution in [0, 0.1) is 6.92 Å². The smallest absolute Gasteiger partial charge is 0.305 e. The van der Waals surface area contributed by atoms with Gasteiger partial charge in [0.25, 0.3) is 5.91 Å². The van der Waals surface area contributed by atoms with Crippen LogP contribution < -0.4 is 4.90 Å². The first-order chi connectivity index (χ1) is 10.8. The van der Waals surface area contributed by atoms with Gasteiger partial charge in [0.2, 0.25) is 0 Å². The third-order valence-corrected chi connectivity index (χ3v) is 4.03. The minimum Gasteiger partial charge on any atom is -0.305 e. The van der Waals surface area contributed by atoms with Crippen molar-refractivity contribution in [2.75, 3.05) is 4.90 Å². The normalized spacial score (nSPS) is 17.3. The quantitative estimate of drug-likeness (QED) is 0.796. The Morgan fingerprint density at radius 1 is 1.22 bits per heavy atom. The highest BCUT2D eigenvalue weighted by atomic mass is 19.4. The van der Waals surface area contributed by atoms with E-state index in [1.165, 1.54) is 13.0 Å². The van der Waals surface area contributed by atoms with E-state index in [-0.39, 0.29) is 23.2 Å². The zero-order valence-electron chi connectivity index (χ0n) is 12.7. The summed E-state index contributed by atoms with van der Waals surface area (Å²) in [4.78, 5) is 18.0. The van der Waals surface area contributed by atoms with Crippen LogP contribution in [0.4, 0.5) is 18.9 Å². The summed E-state index contributed by atoms with van der Waals surface area (Å²) in [6.07, 6.45) is -3.78. The number of anilines is 1. The Morgan fingerprint density at radius 3 is 2.57 bits per heavy atom. The summed E-state index contributed by atoms with van der Waals surface area (Å²) in [5.41, 5.74) is 1.17. The van der Waals surface area contributed by atoms with Crippen LogP contribution in [0.2, 0.25) is 0 Å². The molecule has 1 aromatic heterocycles. The Balaban J connectivity index is 1.98. The van der Waals surface area contributed by atoms with Crippen molar-refractivity contribution in [3.63, 3.8) is 0 Å². The van der Waals surface area contributed by atoms with Crippen molar-refractivity contribution in [3.8, 4) is 0 Å². The second kappa shape index (κ2) is 5.37. The van der Waals surface area contributed by atoms with E-state index in [1.54, 1.807) is 4.90 Å². The number of para-hydroxylation sites is 1. The van der Waals surface area contributed by atoms with Crippen molar-refractivity contribution in [2.24, 2.45) is 0 Å². The molecule has 0 bridgehead atoms. The van der Waals surface area contributed by atoms with Crippen molar-refractivity contribution in [1.82, 2.24) is 4.98 Å². The largest absolute Gasteiger partial charge is 0.433 e. The van der Waals surface area contributed by atoms with Crippen LogP contribution >= 0.6 is 0 Å². The highest BCUT2D eigenvalue weighted by molar-refractivity contribution is 6.08. The van der Waals surface area contributed by atoms with Gasteiger partial charge in [-0.15, -0.1) is 0 Å². The van der Waals surface area contributed by atoms with Crippen molar-refractivity contribution in [1.29, 1.82) is 0 Å². The monoisotopic (exact) mass is 320 g/mol. The molecular weight excluding hydrogens is 305 g/mol. The molecule has 1 amide bonds. The molecule has 0 spiro atoms. The zero-order valence-corrected chi connectivity index (χ0v) is 12.7. The minimum atomic E-state index is -4.51. The van der Waals surface area contributed by atoms with Gasteiger partial charge in [0, 0.05) is 11.7 Å². The van der Waals surface area contributed by atoms with E-state index in [0.29, 0.717) is 0 Å². The zero-order chi connectivity index (χ0) is 16.8. The van der Waals surface area contributed by atoms with Crippen molar-refractivity contribution in [3.05, 3.63) is 58.9 Å². The van der Waals surface area contributed by atoms with Gasteiger partial charge in [0.05, 0.1) is 11.3 Å². The Morgan fingerprint density at radius 2 is 1.91 bits per heavy atom. The maximum absolute atomic E-state index is 12.8. The fraction of sp³-hybridized carbons (Fsp3) is 0.294. The third-order valence-electron chi connectivity index (χ3n) is 4.03. The molecule has 3 nitrogen and oxygen atoms in total. The number of fused-ring (bicyclic) bond motifs is 1. The summed E-state index contributed by atoms with van der Waals surface area (Å²) < 4.78 is 38.1. The average Bonchev–Trinajstić information content (AvgIpc) is 2.81. The van der Waals surface area contributed by atoms with E-state index in [4.69, 9.17) is 0 Å². The lowest BCUT2D eigenvalue weighted by Crippen LogP contribution is -2.36. The lowest BCUT2D eigenvalue weighted by Gasteiger charge is -2.23. The van der Waals surface area contributed by atoms with Gasteiger partial charge in [-0.25, -0.2) is 4.98 Å². The molecule has 23 heavy (non-hydrogen) atoms. The van der Waals surface area contributed by atoms with Crippen molar-refractivity contribution < 1.29 is 18.0 Å². The molecule has 0 fully saturated rings. The van der Waals surface area contributed by atoms with Crippen LogP contribution in [0.5, 0.6) is 0 Å². The molecule has 120 valence electrons. The standard InChI is InChI=1S/C17H15F3N2O/c1-10-9-12-5-3-4-6-14(12)22(10)16(23)13-7-8-15(17(18,19)20)21-11(13)2/h3-8,10H,9H2,1-2H3. The Labute approximate surface area is 131 Å². The number of pyridine rings is 1. The van der Waals surface area contributed by atoms with Gasteiger partial charge in [-0.05, 0) is 44.0 Å². The second-order valence-electron chi connectivity index (χ2n) is 5.68. The predicted octanol–water partition coefficient (Wildman–Crippen LogP) is 4.00. The maximum Gasteiger partial charge on any atom is 0.433 e. The van der Waals surface area contributed by atoms with Crippen LogP contribution in [-0.4, -0.2) is 16.9 Å². The third kappa shape index (κ3) is 2.69. The van der Waals surface area contributed by atoms with Crippen LogP contribution in [0.3, 0.4) is 0 Å². The maximum atomic E-state index is 12.8. The molecule has 2 aromatic rings. The molecule has 1 aromatic carbocycles. The average molecular weight is 320 g/mol. The summed E-state index contributed by atoms with van der Waals surface area (Å²) in [5.74, 6) is -0.318. The number of nitrogens with zero attached hydrogens (tertiary/aromatic N) is 2. The molecule has 0 radical (unpaired) electrons. The SMILES string of the molecule is Cc1nc(C(F)(F)F)ccc1C(=O)N1c2ccccc2CC1C. The van der Waals surface area contributed by atoms with E-state index in [9.17, 15) is 18.0 Å². The Bertz CT molecular complexity index is 771. The Kier molecular flexibility index (Phi) is 3.62. The highest BCUT2D eigenvalue weighted by Gasteiger charge is 2.35. The molecule has 1 aliphatic rings. The van der Waals surface area contributed by atoms with E-state index >= 15 is 0 Å². The van der Waals surface area contributed by atoms with Crippen LogP contribution in [0.15, 0.2) is 36.4 Å². The number of amides is 1. The van der Waals surface area contributed by atoms with E-state index < -0.39 is 11.9 Å². The lowest BCUT2D eigenvalue weighted by molar-refractivity contribution is -0.141. The number of aryl methyl sites for hydroxylation is 1.